The number of carbonyl (C=O) groups excluding carboxylic acids is 2. The number of ether oxygens (including phenoxy) is 1. The molecule has 0 unspecified atom stereocenters. The molecule has 1 fully saturated rings. The van der Waals surface area contributed by atoms with Gasteiger partial charge in [-0.2, -0.15) is 0 Å². The number of aromatic nitrogens is 1. The van der Waals surface area contributed by atoms with Crippen LogP contribution < -0.4 is 10.1 Å². The van der Waals surface area contributed by atoms with Crippen LogP contribution in [-0.4, -0.2) is 48.1 Å². The van der Waals surface area contributed by atoms with E-state index in [1.165, 1.54) is 0 Å². The number of benzene rings is 1. The third-order valence-corrected chi connectivity index (χ3v) is 6.97. The number of fused-ring (bicyclic) bond motifs is 1. The maximum absolute atomic E-state index is 13.1. The molecule has 7 heteroatoms. The summed E-state index contributed by atoms with van der Waals surface area (Å²) >= 11 is 0. The monoisotopic (exact) mass is 439 g/mol. The Labute approximate surface area is 189 Å². The van der Waals surface area contributed by atoms with E-state index < -0.39 is 0 Å². The fourth-order valence-electron chi connectivity index (χ4n) is 4.93. The van der Waals surface area contributed by atoms with Gasteiger partial charge in [0.2, 0.25) is 0 Å². The number of amides is 2. The number of hydrogen-bond donors (Lipinski definition) is 1. The van der Waals surface area contributed by atoms with Crippen LogP contribution in [0.3, 0.4) is 0 Å². The van der Waals surface area contributed by atoms with Crippen LogP contribution in [-0.2, 0) is 0 Å². The highest BCUT2D eigenvalue weighted by molar-refractivity contribution is 5.97. The Hall–Kier alpha value is -2.83. The second-order valence-corrected chi connectivity index (χ2v) is 9.18. The first-order chi connectivity index (χ1) is 15.5. The number of nitrogens with zero attached hydrogens (tertiary/aromatic N) is 2. The summed E-state index contributed by atoms with van der Waals surface area (Å²) in [6.45, 7) is 6.20. The van der Waals surface area contributed by atoms with Crippen LogP contribution in [0.1, 0.15) is 77.1 Å². The van der Waals surface area contributed by atoms with Crippen LogP contribution in [0.25, 0.3) is 0 Å². The highest BCUT2D eigenvalue weighted by Gasteiger charge is 2.37. The minimum absolute atomic E-state index is 0.00384. The molecule has 0 radical (unpaired) electrons. The van der Waals surface area contributed by atoms with Crippen LogP contribution >= 0.6 is 0 Å². The van der Waals surface area contributed by atoms with Crippen LogP contribution in [0.2, 0.25) is 0 Å². The molecule has 1 aromatic heterocycles. The van der Waals surface area contributed by atoms with E-state index >= 15 is 0 Å². The first-order valence-electron chi connectivity index (χ1n) is 11.7. The first-order valence-corrected chi connectivity index (χ1v) is 11.7. The molecule has 2 amide bonds. The van der Waals surface area contributed by atoms with Gasteiger partial charge in [-0.25, -0.2) is 0 Å². The topological polar surface area (TPSA) is 84.7 Å². The molecule has 7 nitrogen and oxygen atoms in total. The van der Waals surface area contributed by atoms with Gasteiger partial charge in [-0.05, 0) is 57.1 Å². The number of nitrogens with one attached hydrogen (secondary N) is 1. The molecule has 1 aromatic carbocycles. The molecule has 2 aromatic rings. The summed E-state index contributed by atoms with van der Waals surface area (Å²) in [7, 11) is 0. The van der Waals surface area contributed by atoms with Crippen LogP contribution in [0.15, 0.2) is 28.8 Å². The molecular formula is C25H33N3O4. The van der Waals surface area contributed by atoms with E-state index in [-0.39, 0.29) is 17.2 Å². The lowest BCUT2D eigenvalue weighted by Gasteiger charge is -2.42. The van der Waals surface area contributed by atoms with E-state index in [4.69, 9.17) is 9.26 Å². The predicted molar refractivity (Wildman–Crippen MR) is 121 cm³/mol. The molecule has 1 spiro atoms. The Kier molecular flexibility index (Phi) is 6.82. The maximum atomic E-state index is 13.1. The number of likely N-dealkylation sites (tertiary alicyclic amines) is 1. The summed E-state index contributed by atoms with van der Waals surface area (Å²) in [6, 6.07) is 7.46. The second-order valence-electron chi connectivity index (χ2n) is 9.18. The average Bonchev–Trinajstić information content (AvgIpc) is 3.15. The highest BCUT2D eigenvalue weighted by atomic mass is 16.5. The van der Waals surface area contributed by atoms with Gasteiger partial charge in [-0.1, -0.05) is 36.6 Å². The van der Waals surface area contributed by atoms with E-state index in [0.29, 0.717) is 54.6 Å². The smallest absolute Gasteiger partial charge is 0.259 e. The number of hydrogen-bond acceptors (Lipinski definition) is 5. The Morgan fingerprint density at radius 3 is 2.56 bits per heavy atom. The Bertz CT molecular complexity index is 940. The molecule has 0 bridgehead atoms. The Balaban J connectivity index is 1.46. The van der Waals surface area contributed by atoms with Gasteiger partial charge in [0.25, 0.3) is 11.8 Å². The first kappa shape index (κ1) is 22.4. The van der Waals surface area contributed by atoms with E-state index in [1.54, 1.807) is 6.92 Å². The standard InChI is InChI=1S/C25H33N3O4/c1-18-22(19(2)32-27-18)24(30)28-14-12-25(13-15-28)11-7-3-4-8-16-31-21-10-6-5-9-20(21)23(29)26-17-25/h5-6,9-10H,3-4,7-8,11-17H2,1-2H3,(H,26,29). The fraction of sp³-hybridized carbons (Fsp3) is 0.560. The summed E-state index contributed by atoms with van der Waals surface area (Å²) < 4.78 is 11.1. The van der Waals surface area contributed by atoms with Crippen molar-refractivity contribution in [3.8, 4) is 5.75 Å². The van der Waals surface area contributed by atoms with E-state index in [2.05, 4.69) is 10.5 Å². The van der Waals surface area contributed by atoms with Crippen molar-refractivity contribution in [2.24, 2.45) is 5.41 Å². The molecule has 0 atom stereocenters. The molecule has 4 rings (SSSR count). The number of aryl methyl sites for hydroxylation is 2. The zero-order valence-electron chi connectivity index (χ0n) is 19.1. The summed E-state index contributed by atoms with van der Waals surface area (Å²) in [5.41, 5.74) is 1.83. The van der Waals surface area contributed by atoms with Gasteiger partial charge >= 0.3 is 0 Å². The van der Waals surface area contributed by atoms with Gasteiger partial charge in [0.15, 0.2) is 0 Å². The summed E-state index contributed by atoms with van der Waals surface area (Å²) in [4.78, 5) is 27.9. The number of carbonyl (C=O) groups is 2. The third-order valence-electron chi connectivity index (χ3n) is 6.97. The van der Waals surface area contributed by atoms with Gasteiger partial charge in [-0.15, -0.1) is 0 Å². The van der Waals surface area contributed by atoms with Crippen molar-refractivity contribution in [3.05, 3.63) is 46.8 Å². The molecule has 1 N–H and O–H groups in total. The zero-order valence-corrected chi connectivity index (χ0v) is 19.1. The van der Waals surface area contributed by atoms with E-state index in [9.17, 15) is 9.59 Å². The summed E-state index contributed by atoms with van der Waals surface area (Å²) in [6.07, 6.45) is 7.20. The maximum Gasteiger partial charge on any atom is 0.259 e. The van der Waals surface area contributed by atoms with Gasteiger partial charge in [0.1, 0.15) is 17.1 Å². The van der Waals surface area contributed by atoms with Gasteiger partial charge in [-0.3, -0.25) is 9.59 Å². The van der Waals surface area contributed by atoms with Crippen LogP contribution in [0.5, 0.6) is 5.75 Å². The quantitative estimate of drug-likeness (QED) is 0.717. The number of piperidine rings is 1. The summed E-state index contributed by atoms with van der Waals surface area (Å²) in [5.74, 6) is 1.13. The molecule has 1 saturated heterocycles. The lowest BCUT2D eigenvalue weighted by atomic mass is 9.74. The third kappa shape index (κ3) is 4.81. The van der Waals surface area contributed by atoms with Crippen molar-refractivity contribution in [2.75, 3.05) is 26.2 Å². The largest absolute Gasteiger partial charge is 0.493 e. The van der Waals surface area contributed by atoms with Crippen LogP contribution in [0.4, 0.5) is 0 Å². The molecule has 2 aliphatic rings. The van der Waals surface area contributed by atoms with Gasteiger partial charge < -0.3 is 19.5 Å². The van der Waals surface area contributed by atoms with Crippen molar-refractivity contribution in [1.29, 1.82) is 0 Å². The summed E-state index contributed by atoms with van der Waals surface area (Å²) in [5, 5.41) is 7.11. The van der Waals surface area contributed by atoms with Gasteiger partial charge in [0, 0.05) is 19.6 Å². The lowest BCUT2D eigenvalue weighted by Crippen LogP contribution is -2.48. The van der Waals surface area contributed by atoms with E-state index in [1.807, 2.05) is 36.1 Å². The predicted octanol–water partition coefficient (Wildman–Crippen LogP) is 4.29. The van der Waals surface area contributed by atoms with Gasteiger partial charge in [0.05, 0.1) is 17.9 Å². The zero-order chi connectivity index (χ0) is 22.6. The highest BCUT2D eigenvalue weighted by Crippen LogP contribution is 2.37. The molecule has 0 saturated carbocycles. The molecule has 0 aliphatic carbocycles. The van der Waals surface area contributed by atoms with Crippen molar-refractivity contribution < 1.29 is 18.8 Å². The molecule has 32 heavy (non-hydrogen) atoms. The van der Waals surface area contributed by atoms with Crippen molar-refractivity contribution in [2.45, 2.75) is 58.8 Å². The fourth-order valence-corrected chi connectivity index (χ4v) is 4.93. The molecular weight excluding hydrogens is 406 g/mol. The Morgan fingerprint density at radius 2 is 1.81 bits per heavy atom. The minimum Gasteiger partial charge on any atom is -0.493 e. The van der Waals surface area contributed by atoms with E-state index in [0.717, 1.165) is 44.9 Å². The minimum atomic E-state index is -0.0894. The Morgan fingerprint density at radius 1 is 1.06 bits per heavy atom. The normalized spacial score (nSPS) is 19.7. The SMILES string of the molecule is Cc1noc(C)c1C(=O)N1CCC2(CCCCCCOc3ccccc3C(=O)NC2)CC1. The second kappa shape index (κ2) is 9.76. The molecule has 2 aliphatic heterocycles. The van der Waals surface area contributed by atoms with Crippen molar-refractivity contribution in [3.63, 3.8) is 0 Å². The number of para-hydroxylation sites is 1. The number of rotatable bonds is 1. The van der Waals surface area contributed by atoms with Crippen LogP contribution in [0, 0.1) is 19.3 Å². The molecule has 3 heterocycles. The van der Waals surface area contributed by atoms with Crippen molar-refractivity contribution in [1.82, 2.24) is 15.4 Å². The average molecular weight is 440 g/mol. The molecule has 172 valence electrons. The van der Waals surface area contributed by atoms with Crippen molar-refractivity contribution >= 4 is 11.8 Å². The lowest BCUT2D eigenvalue weighted by molar-refractivity contribution is 0.0534.